The van der Waals surface area contributed by atoms with Crippen molar-refractivity contribution in [2.75, 3.05) is 0 Å². The van der Waals surface area contributed by atoms with Gasteiger partial charge in [0.05, 0.1) is 21.9 Å². The molecule has 0 unspecified atom stereocenters. The molecule has 0 atom stereocenters. The zero-order valence-electron chi connectivity index (χ0n) is 14.0. The third kappa shape index (κ3) is 4.22. The lowest BCUT2D eigenvalue weighted by molar-refractivity contribution is -0.384. The first-order valence-electron chi connectivity index (χ1n) is 7.81. The van der Waals surface area contributed by atoms with Gasteiger partial charge in [-0.3, -0.25) is 24.6 Å². The molecule has 0 N–H and O–H groups in total. The highest BCUT2D eigenvalue weighted by molar-refractivity contribution is 8.18. The van der Waals surface area contributed by atoms with E-state index in [0.29, 0.717) is 17.3 Å². The summed E-state index contributed by atoms with van der Waals surface area (Å²) in [7, 11) is 0. The van der Waals surface area contributed by atoms with E-state index >= 15 is 0 Å². The number of hydrogen-bond donors (Lipinski definition) is 0. The molecule has 28 heavy (non-hydrogen) atoms. The van der Waals surface area contributed by atoms with Crippen molar-refractivity contribution in [3.05, 3.63) is 80.2 Å². The first-order valence-corrected chi connectivity index (χ1v) is 8.63. The average molecular weight is 408 g/mol. The molecule has 0 radical (unpaired) electrons. The minimum absolute atomic E-state index is 0.00577. The number of amides is 2. The van der Waals surface area contributed by atoms with Gasteiger partial charge in [-0.15, -0.1) is 0 Å². The van der Waals surface area contributed by atoms with Gasteiger partial charge in [0.15, 0.2) is 0 Å². The Hall–Kier alpha value is -3.14. The molecular weight excluding hydrogens is 397 g/mol. The maximum absolute atomic E-state index is 12.8. The summed E-state index contributed by atoms with van der Waals surface area (Å²) in [6.45, 7) is -0.0947. The number of non-ortho nitro benzene ring substituents is 1. The van der Waals surface area contributed by atoms with Crippen molar-refractivity contribution in [3.63, 3.8) is 0 Å². The number of halogens is 3. The molecule has 6 nitrogen and oxygen atoms in total. The van der Waals surface area contributed by atoms with Gasteiger partial charge in [0.2, 0.25) is 0 Å². The predicted molar refractivity (Wildman–Crippen MR) is 96.1 cm³/mol. The lowest BCUT2D eigenvalue weighted by atomic mass is 10.1. The summed E-state index contributed by atoms with van der Waals surface area (Å²) in [5.74, 6) is -0.634. The number of nitro groups is 1. The molecule has 2 aromatic carbocycles. The molecule has 3 rings (SSSR count). The minimum Gasteiger partial charge on any atom is -0.268 e. The lowest BCUT2D eigenvalue weighted by Crippen LogP contribution is -2.27. The lowest BCUT2D eigenvalue weighted by Gasteiger charge is -2.12. The van der Waals surface area contributed by atoms with E-state index in [-0.39, 0.29) is 22.7 Å². The summed E-state index contributed by atoms with van der Waals surface area (Å²) < 4.78 is 38.4. The van der Waals surface area contributed by atoms with E-state index in [1.807, 2.05) is 0 Å². The molecule has 0 bridgehead atoms. The Morgan fingerprint density at radius 1 is 1.11 bits per heavy atom. The van der Waals surface area contributed by atoms with Crippen LogP contribution in [-0.4, -0.2) is 21.0 Å². The summed E-state index contributed by atoms with van der Waals surface area (Å²) in [4.78, 5) is 35.6. The van der Waals surface area contributed by atoms with Crippen LogP contribution in [0.5, 0.6) is 0 Å². The summed E-state index contributed by atoms with van der Waals surface area (Å²) in [6, 6.07) is 9.80. The number of alkyl halides is 3. The smallest absolute Gasteiger partial charge is 0.268 e. The molecule has 0 spiro atoms. The molecule has 0 aliphatic carbocycles. The summed E-state index contributed by atoms with van der Waals surface area (Å²) in [5.41, 5.74) is -0.322. The highest BCUT2D eigenvalue weighted by Gasteiger charge is 2.35. The summed E-state index contributed by atoms with van der Waals surface area (Å²) >= 11 is 0.626. The number of carbonyl (C=O) groups is 2. The molecule has 144 valence electrons. The zero-order chi connectivity index (χ0) is 20.5. The third-order valence-corrected chi connectivity index (χ3v) is 4.78. The second-order valence-electron chi connectivity index (χ2n) is 5.81. The van der Waals surface area contributed by atoms with Crippen molar-refractivity contribution in [3.8, 4) is 0 Å². The molecular formula is C18H11F3N2O4S. The fourth-order valence-corrected chi connectivity index (χ4v) is 3.34. The Bertz CT molecular complexity index is 987. The maximum atomic E-state index is 12.8. The standard InChI is InChI=1S/C18H11F3N2O4S/c19-18(20,21)13-3-1-2-12(8-13)9-15-16(24)22(17(25)28-15)10-11-4-6-14(7-5-11)23(26)27/h1-9H,10H2/b15-9+. The molecule has 0 aromatic heterocycles. The van der Waals surface area contributed by atoms with E-state index < -0.39 is 27.8 Å². The summed E-state index contributed by atoms with van der Waals surface area (Å²) in [6.07, 6.45) is -3.28. The largest absolute Gasteiger partial charge is 0.416 e. The maximum Gasteiger partial charge on any atom is 0.416 e. The van der Waals surface area contributed by atoms with E-state index in [1.165, 1.54) is 42.5 Å². The first-order chi connectivity index (χ1) is 13.1. The van der Waals surface area contributed by atoms with Gasteiger partial charge in [-0.1, -0.05) is 24.3 Å². The van der Waals surface area contributed by atoms with Crippen LogP contribution in [0.25, 0.3) is 6.08 Å². The fourth-order valence-electron chi connectivity index (χ4n) is 2.50. The van der Waals surface area contributed by atoms with Crippen molar-refractivity contribution in [1.29, 1.82) is 0 Å². The quantitative estimate of drug-likeness (QED) is 0.410. The Kier molecular flexibility index (Phi) is 5.23. The van der Waals surface area contributed by atoms with Crippen LogP contribution in [0, 0.1) is 10.1 Å². The van der Waals surface area contributed by atoms with E-state index in [0.717, 1.165) is 17.0 Å². The van der Waals surface area contributed by atoms with E-state index in [2.05, 4.69) is 0 Å². The summed E-state index contributed by atoms with van der Waals surface area (Å²) in [5, 5.41) is 10.1. The predicted octanol–water partition coefficient (Wildman–Crippen LogP) is 4.85. The normalized spacial score (nSPS) is 16.1. The Morgan fingerprint density at radius 2 is 1.79 bits per heavy atom. The molecule has 1 aliphatic rings. The van der Waals surface area contributed by atoms with Crippen LogP contribution in [0.2, 0.25) is 0 Å². The van der Waals surface area contributed by atoms with Crippen LogP contribution < -0.4 is 0 Å². The number of hydrogen-bond acceptors (Lipinski definition) is 5. The second kappa shape index (κ2) is 7.47. The van der Waals surface area contributed by atoms with Crippen molar-refractivity contribution >= 4 is 34.7 Å². The van der Waals surface area contributed by atoms with Gasteiger partial charge in [-0.25, -0.2) is 0 Å². The number of nitro benzene ring substituents is 1. The number of nitrogens with zero attached hydrogens (tertiary/aromatic N) is 2. The molecule has 1 heterocycles. The van der Waals surface area contributed by atoms with Crippen LogP contribution >= 0.6 is 11.8 Å². The second-order valence-corrected chi connectivity index (χ2v) is 6.81. The molecule has 0 saturated carbocycles. The van der Waals surface area contributed by atoms with Crippen LogP contribution in [0.3, 0.4) is 0 Å². The number of imide groups is 1. The number of thioether (sulfide) groups is 1. The van der Waals surface area contributed by atoms with E-state index in [4.69, 9.17) is 0 Å². The zero-order valence-corrected chi connectivity index (χ0v) is 14.8. The molecule has 1 aliphatic heterocycles. The van der Waals surface area contributed by atoms with Crippen molar-refractivity contribution in [1.82, 2.24) is 4.90 Å². The fraction of sp³-hybridized carbons (Fsp3) is 0.111. The van der Waals surface area contributed by atoms with Gasteiger partial charge in [0, 0.05) is 12.1 Å². The Morgan fingerprint density at radius 3 is 2.39 bits per heavy atom. The molecule has 1 fully saturated rings. The van der Waals surface area contributed by atoms with E-state index in [1.54, 1.807) is 0 Å². The van der Waals surface area contributed by atoms with Crippen molar-refractivity contribution < 1.29 is 27.7 Å². The minimum atomic E-state index is -4.51. The highest BCUT2D eigenvalue weighted by Crippen LogP contribution is 2.35. The van der Waals surface area contributed by atoms with Gasteiger partial charge in [0.25, 0.3) is 16.8 Å². The van der Waals surface area contributed by atoms with Crippen LogP contribution in [-0.2, 0) is 17.5 Å². The molecule has 1 saturated heterocycles. The van der Waals surface area contributed by atoms with Gasteiger partial charge >= 0.3 is 6.18 Å². The first kappa shape index (κ1) is 19.6. The topological polar surface area (TPSA) is 80.5 Å². The monoisotopic (exact) mass is 408 g/mol. The van der Waals surface area contributed by atoms with Gasteiger partial charge in [-0.05, 0) is 41.1 Å². The third-order valence-electron chi connectivity index (χ3n) is 3.87. The van der Waals surface area contributed by atoms with Gasteiger partial charge in [0.1, 0.15) is 0 Å². The molecule has 2 aromatic rings. The van der Waals surface area contributed by atoms with Crippen LogP contribution in [0.1, 0.15) is 16.7 Å². The van der Waals surface area contributed by atoms with Crippen molar-refractivity contribution in [2.45, 2.75) is 12.7 Å². The Balaban J connectivity index is 1.80. The van der Waals surface area contributed by atoms with Gasteiger partial charge in [-0.2, -0.15) is 13.2 Å². The Labute approximate surface area is 160 Å². The van der Waals surface area contributed by atoms with E-state index in [9.17, 15) is 32.9 Å². The average Bonchev–Trinajstić information content (AvgIpc) is 2.89. The molecule has 2 amide bonds. The number of rotatable bonds is 4. The van der Waals surface area contributed by atoms with Crippen molar-refractivity contribution in [2.24, 2.45) is 0 Å². The number of carbonyl (C=O) groups excluding carboxylic acids is 2. The molecule has 10 heteroatoms. The van der Waals surface area contributed by atoms with Crippen LogP contribution in [0.4, 0.5) is 23.7 Å². The SMILES string of the molecule is O=C1S/C(=C/c2cccc(C(F)(F)F)c2)C(=O)N1Cc1ccc([N+](=O)[O-])cc1. The highest BCUT2D eigenvalue weighted by atomic mass is 32.2. The van der Waals surface area contributed by atoms with Crippen LogP contribution in [0.15, 0.2) is 53.4 Å². The number of benzene rings is 2. The van der Waals surface area contributed by atoms with Gasteiger partial charge < -0.3 is 0 Å².